The standard InChI is InChI=1S/C6H12O2/c1-2-5-8-6-3-4-7/h3,6-7H,2,4-5H2,1H3. The summed E-state index contributed by atoms with van der Waals surface area (Å²) in [6.07, 6.45) is 4.09. The molecule has 0 aromatic heterocycles. The van der Waals surface area contributed by atoms with Crippen LogP contribution in [0.4, 0.5) is 0 Å². The van der Waals surface area contributed by atoms with Crippen LogP contribution in [0.2, 0.25) is 0 Å². The first-order chi connectivity index (χ1) is 3.91. The Labute approximate surface area is 49.8 Å². The largest absolute Gasteiger partial charge is 0.501 e. The molecule has 0 aromatic rings. The van der Waals surface area contributed by atoms with Crippen molar-refractivity contribution in [2.24, 2.45) is 0 Å². The second-order valence-corrected chi connectivity index (χ2v) is 1.43. The van der Waals surface area contributed by atoms with Gasteiger partial charge >= 0.3 is 0 Å². The van der Waals surface area contributed by atoms with Gasteiger partial charge in [-0.25, -0.2) is 0 Å². The minimum atomic E-state index is 0.0592. The van der Waals surface area contributed by atoms with Gasteiger partial charge in [0.25, 0.3) is 0 Å². The molecule has 0 heterocycles. The van der Waals surface area contributed by atoms with Crippen molar-refractivity contribution in [1.82, 2.24) is 0 Å². The average molecular weight is 116 g/mol. The zero-order valence-corrected chi connectivity index (χ0v) is 5.13. The van der Waals surface area contributed by atoms with Crippen LogP contribution in [0.5, 0.6) is 0 Å². The summed E-state index contributed by atoms with van der Waals surface area (Å²) < 4.78 is 4.88. The lowest BCUT2D eigenvalue weighted by Gasteiger charge is -1.92. The predicted molar refractivity (Wildman–Crippen MR) is 32.5 cm³/mol. The number of aliphatic hydroxyl groups excluding tert-OH is 1. The highest BCUT2D eigenvalue weighted by Gasteiger charge is 1.72. The zero-order chi connectivity index (χ0) is 6.24. The molecule has 0 rings (SSSR count). The highest BCUT2D eigenvalue weighted by Crippen LogP contribution is 1.79. The minimum Gasteiger partial charge on any atom is -0.501 e. The van der Waals surface area contributed by atoms with Gasteiger partial charge in [0.1, 0.15) is 0 Å². The van der Waals surface area contributed by atoms with Crippen molar-refractivity contribution in [2.45, 2.75) is 13.3 Å². The van der Waals surface area contributed by atoms with E-state index in [1.165, 1.54) is 6.26 Å². The molecule has 0 bridgehead atoms. The minimum absolute atomic E-state index is 0.0592. The molecular formula is C6H12O2. The summed E-state index contributed by atoms with van der Waals surface area (Å²) in [6, 6.07) is 0. The van der Waals surface area contributed by atoms with E-state index in [0.29, 0.717) is 0 Å². The Morgan fingerprint density at radius 2 is 2.38 bits per heavy atom. The number of hydrogen-bond acceptors (Lipinski definition) is 2. The summed E-state index contributed by atoms with van der Waals surface area (Å²) in [5.74, 6) is 0. The molecule has 8 heavy (non-hydrogen) atoms. The molecule has 0 fully saturated rings. The number of hydrogen-bond donors (Lipinski definition) is 1. The van der Waals surface area contributed by atoms with Crippen LogP contribution in [-0.2, 0) is 4.74 Å². The van der Waals surface area contributed by atoms with E-state index in [-0.39, 0.29) is 6.61 Å². The van der Waals surface area contributed by atoms with Gasteiger partial charge in [0.2, 0.25) is 0 Å². The van der Waals surface area contributed by atoms with Crippen LogP contribution in [0.3, 0.4) is 0 Å². The molecule has 0 spiro atoms. The van der Waals surface area contributed by atoms with E-state index in [2.05, 4.69) is 0 Å². The zero-order valence-electron chi connectivity index (χ0n) is 5.13. The smallest absolute Gasteiger partial charge is 0.0870 e. The van der Waals surface area contributed by atoms with Gasteiger partial charge in [-0.3, -0.25) is 0 Å². The molecule has 48 valence electrons. The number of aliphatic hydroxyl groups is 1. The third kappa shape index (κ3) is 5.50. The van der Waals surface area contributed by atoms with Gasteiger partial charge in [-0.15, -0.1) is 0 Å². The third-order valence-corrected chi connectivity index (χ3v) is 0.620. The van der Waals surface area contributed by atoms with Gasteiger partial charge in [0.15, 0.2) is 0 Å². The molecular weight excluding hydrogens is 104 g/mol. The van der Waals surface area contributed by atoms with Gasteiger partial charge in [-0.1, -0.05) is 6.92 Å². The Morgan fingerprint density at radius 1 is 1.62 bits per heavy atom. The van der Waals surface area contributed by atoms with Crippen molar-refractivity contribution < 1.29 is 9.84 Å². The van der Waals surface area contributed by atoms with Gasteiger partial charge in [-0.2, -0.15) is 0 Å². The van der Waals surface area contributed by atoms with E-state index in [4.69, 9.17) is 9.84 Å². The first-order valence-electron chi connectivity index (χ1n) is 2.79. The first-order valence-corrected chi connectivity index (χ1v) is 2.79. The number of ether oxygens (including phenoxy) is 1. The van der Waals surface area contributed by atoms with E-state index in [1.807, 2.05) is 6.92 Å². The average Bonchev–Trinajstić information content (AvgIpc) is 1.81. The van der Waals surface area contributed by atoms with Gasteiger partial charge in [-0.05, 0) is 12.5 Å². The molecule has 1 N–H and O–H groups in total. The summed E-state index contributed by atoms with van der Waals surface area (Å²) in [6.45, 7) is 2.83. The fourth-order valence-corrected chi connectivity index (χ4v) is 0.297. The second kappa shape index (κ2) is 6.50. The van der Waals surface area contributed by atoms with Gasteiger partial charge < -0.3 is 9.84 Å². The van der Waals surface area contributed by atoms with E-state index >= 15 is 0 Å². The molecule has 0 aromatic carbocycles. The van der Waals surface area contributed by atoms with Crippen LogP contribution in [0.1, 0.15) is 13.3 Å². The SMILES string of the molecule is CCCOC=CCO. The quantitative estimate of drug-likeness (QED) is 0.437. The Bertz CT molecular complexity index is 59.5. The van der Waals surface area contributed by atoms with Crippen molar-refractivity contribution in [3.63, 3.8) is 0 Å². The Morgan fingerprint density at radius 3 is 2.88 bits per heavy atom. The highest BCUT2D eigenvalue weighted by molar-refractivity contribution is 4.70. The molecule has 2 heteroatoms. The summed E-state index contributed by atoms with van der Waals surface area (Å²) in [7, 11) is 0. The molecule has 0 unspecified atom stereocenters. The van der Waals surface area contributed by atoms with Crippen LogP contribution >= 0.6 is 0 Å². The van der Waals surface area contributed by atoms with E-state index in [9.17, 15) is 0 Å². The molecule has 0 saturated heterocycles. The Kier molecular flexibility index (Phi) is 6.09. The lowest BCUT2D eigenvalue weighted by Crippen LogP contribution is -1.82. The first kappa shape index (κ1) is 7.50. The van der Waals surface area contributed by atoms with E-state index in [1.54, 1.807) is 6.08 Å². The second-order valence-electron chi connectivity index (χ2n) is 1.43. The molecule has 0 saturated carbocycles. The number of rotatable bonds is 4. The van der Waals surface area contributed by atoms with E-state index in [0.717, 1.165) is 13.0 Å². The normalized spacial score (nSPS) is 10.2. The maximum atomic E-state index is 8.20. The maximum Gasteiger partial charge on any atom is 0.0870 e. The van der Waals surface area contributed by atoms with Crippen LogP contribution < -0.4 is 0 Å². The molecule has 0 amide bonds. The molecule has 0 radical (unpaired) electrons. The fourth-order valence-electron chi connectivity index (χ4n) is 0.297. The van der Waals surface area contributed by atoms with Gasteiger partial charge in [0.05, 0.1) is 19.5 Å². The summed E-state index contributed by atoms with van der Waals surface area (Å²) in [5, 5.41) is 8.20. The summed E-state index contributed by atoms with van der Waals surface area (Å²) >= 11 is 0. The molecule has 0 aliphatic carbocycles. The van der Waals surface area contributed by atoms with Crippen molar-refractivity contribution in [3.8, 4) is 0 Å². The highest BCUT2D eigenvalue weighted by atomic mass is 16.5. The molecule has 0 atom stereocenters. The predicted octanol–water partition coefficient (Wildman–Crippen LogP) is 0.919. The van der Waals surface area contributed by atoms with Crippen molar-refractivity contribution in [2.75, 3.05) is 13.2 Å². The van der Waals surface area contributed by atoms with Crippen LogP contribution in [-0.4, -0.2) is 18.3 Å². The Balaban J connectivity index is 2.80. The lowest BCUT2D eigenvalue weighted by atomic mass is 10.5. The molecule has 2 nitrogen and oxygen atoms in total. The van der Waals surface area contributed by atoms with Gasteiger partial charge in [0, 0.05) is 0 Å². The van der Waals surface area contributed by atoms with Crippen LogP contribution in [0.15, 0.2) is 12.3 Å². The van der Waals surface area contributed by atoms with E-state index < -0.39 is 0 Å². The summed E-state index contributed by atoms with van der Waals surface area (Å²) in [4.78, 5) is 0. The van der Waals surface area contributed by atoms with Crippen molar-refractivity contribution in [1.29, 1.82) is 0 Å². The Hall–Kier alpha value is -0.500. The maximum absolute atomic E-state index is 8.20. The molecule has 0 aliphatic rings. The van der Waals surface area contributed by atoms with Crippen molar-refractivity contribution >= 4 is 0 Å². The molecule has 0 aliphatic heterocycles. The van der Waals surface area contributed by atoms with Crippen LogP contribution in [0, 0.1) is 0 Å². The van der Waals surface area contributed by atoms with Crippen LogP contribution in [0.25, 0.3) is 0 Å². The fraction of sp³-hybridized carbons (Fsp3) is 0.667. The van der Waals surface area contributed by atoms with Crippen molar-refractivity contribution in [3.05, 3.63) is 12.3 Å². The monoisotopic (exact) mass is 116 g/mol. The summed E-state index contributed by atoms with van der Waals surface area (Å²) in [5.41, 5.74) is 0. The topological polar surface area (TPSA) is 29.5 Å². The lowest BCUT2D eigenvalue weighted by molar-refractivity contribution is 0.244. The third-order valence-electron chi connectivity index (χ3n) is 0.620.